The van der Waals surface area contributed by atoms with Crippen molar-refractivity contribution < 1.29 is 9.53 Å². The normalized spacial score (nSPS) is 10.9. The number of H-pyrrole nitrogens is 1. The van der Waals surface area contributed by atoms with Gasteiger partial charge in [-0.25, -0.2) is 4.98 Å². The highest BCUT2D eigenvalue weighted by Gasteiger charge is 2.15. The first-order chi connectivity index (χ1) is 13.1. The van der Waals surface area contributed by atoms with Crippen molar-refractivity contribution in [2.45, 2.75) is 6.54 Å². The van der Waals surface area contributed by atoms with Crippen LogP contribution in [-0.4, -0.2) is 32.8 Å². The number of methoxy groups -OCH3 is 1. The summed E-state index contributed by atoms with van der Waals surface area (Å²) in [6.07, 6.45) is 0. The Morgan fingerprint density at radius 2 is 2.04 bits per heavy atom. The van der Waals surface area contributed by atoms with Gasteiger partial charge >= 0.3 is 0 Å². The Balaban J connectivity index is 1.51. The maximum absolute atomic E-state index is 12.6. The molecular weight excluding hydrogens is 342 g/mol. The van der Waals surface area contributed by atoms with Crippen LogP contribution in [0.2, 0.25) is 0 Å². The first-order valence-corrected chi connectivity index (χ1v) is 8.54. The Bertz CT molecular complexity index is 1080. The zero-order chi connectivity index (χ0) is 18.8. The summed E-state index contributed by atoms with van der Waals surface area (Å²) in [6.45, 7) is 0.313. The Morgan fingerprint density at radius 3 is 2.85 bits per heavy atom. The van der Waals surface area contributed by atoms with Gasteiger partial charge in [0.1, 0.15) is 17.3 Å². The van der Waals surface area contributed by atoms with E-state index in [0.717, 1.165) is 22.3 Å². The number of fused-ring (bicyclic) bond motifs is 1. The van der Waals surface area contributed by atoms with E-state index < -0.39 is 0 Å². The quantitative estimate of drug-likeness (QED) is 0.572. The Hall–Kier alpha value is -3.61. The molecule has 0 saturated carbocycles. The molecule has 0 aliphatic rings. The highest BCUT2D eigenvalue weighted by molar-refractivity contribution is 5.93. The summed E-state index contributed by atoms with van der Waals surface area (Å²) in [4.78, 5) is 20.2. The summed E-state index contributed by atoms with van der Waals surface area (Å²) < 4.78 is 6.82. The second kappa shape index (κ2) is 6.95. The van der Waals surface area contributed by atoms with E-state index in [2.05, 4.69) is 20.4 Å². The molecule has 4 aromatic rings. The standard InChI is InChI=1S/C20H19N5O2/c1-25-18(11-17(24-25)13-6-5-7-14(10-13)27-2)20(26)21-12-19-22-15-8-3-4-9-16(15)23-19/h3-11H,12H2,1-2H3,(H,21,26)(H,22,23). The number of aromatic nitrogens is 4. The third-order valence-corrected chi connectivity index (χ3v) is 4.33. The number of aryl methyl sites for hydroxylation is 1. The van der Waals surface area contributed by atoms with Crippen LogP contribution in [0.5, 0.6) is 5.75 Å². The SMILES string of the molecule is COc1cccc(-c2cc(C(=O)NCc3nc4ccccc4[nH]3)n(C)n2)c1. The zero-order valence-electron chi connectivity index (χ0n) is 15.1. The van der Waals surface area contributed by atoms with Gasteiger partial charge in [0.25, 0.3) is 5.91 Å². The van der Waals surface area contributed by atoms with Gasteiger partial charge in [0.15, 0.2) is 0 Å². The van der Waals surface area contributed by atoms with Crippen molar-refractivity contribution in [1.29, 1.82) is 0 Å². The van der Waals surface area contributed by atoms with Crippen LogP contribution < -0.4 is 10.1 Å². The first-order valence-electron chi connectivity index (χ1n) is 8.54. The van der Waals surface area contributed by atoms with E-state index in [-0.39, 0.29) is 5.91 Å². The van der Waals surface area contributed by atoms with E-state index in [1.165, 1.54) is 0 Å². The van der Waals surface area contributed by atoms with E-state index >= 15 is 0 Å². The van der Waals surface area contributed by atoms with Crippen LogP contribution in [-0.2, 0) is 13.6 Å². The molecule has 4 rings (SSSR count). The smallest absolute Gasteiger partial charge is 0.269 e. The monoisotopic (exact) mass is 361 g/mol. The lowest BCUT2D eigenvalue weighted by molar-refractivity contribution is 0.0940. The van der Waals surface area contributed by atoms with Gasteiger partial charge < -0.3 is 15.0 Å². The molecule has 2 heterocycles. The molecular formula is C20H19N5O2. The summed E-state index contributed by atoms with van der Waals surface area (Å²) in [6, 6.07) is 17.1. The molecule has 2 N–H and O–H groups in total. The van der Waals surface area contributed by atoms with Crippen molar-refractivity contribution in [3.05, 3.63) is 66.1 Å². The van der Waals surface area contributed by atoms with Crippen molar-refractivity contribution in [2.75, 3.05) is 7.11 Å². The number of hydrogen-bond acceptors (Lipinski definition) is 4. The Labute approximate surface area is 156 Å². The van der Waals surface area contributed by atoms with Crippen LogP contribution in [0, 0.1) is 0 Å². The second-order valence-corrected chi connectivity index (χ2v) is 6.15. The van der Waals surface area contributed by atoms with E-state index in [9.17, 15) is 4.79 Å². The van der Waals surface area contributed by atoms with Crippen LogP contribution in [0.4, 0.5) is 0 Å². The van der Waals surface area contributed by atoms with Gasteiger partial charge in [-0.15, -0.1) is 0 Å². The third-order valence-electron chi connectivity index (χ3n) is 4.33. The fourth-order valence-corrected chi connectivity index (χ4v) is 2.95. The molecule has 2 aromatic heterocycles. The molecule has 7 nitrogen and oxygen atoms in total. The van der Waals surface area contributed by atoms with Crippen LogP contribution in [0.1, 0.15) is 16.3 Å². The Morgan fingerprint density at radius 1 is 1.19 bits per heavy atom. The molecule has 0 unspecified atom stereocenters. The van der Waals surface area contributed by atoms with E-state index in [1.807, 2.05) is 48.5 Å². The average Bonchev–Trinajstić information content (AvgIpc) is 3.29. The summed E-state index contributed by atoms with van der Waals surface area (Å²) >= 11 is 0. The number of para-hydroxylation sites is 2. The molecule has 1 amide bonds. The summed E-state index contributed by atoms with van der Waals surface area (Å²) in [5.74, 6) is 1.24. The summed E-state index contributed by atoms with van der Waals surface area (Å²) in [5, 5.41) is 7.33. The van der Waals surface area contributed by atoms with Crippen LogP contribution in [0.3, 0.4) is 0 Å². The van der Waals surface area contributed by atoms with Gasteiger partial charge in [-0.1, -0.05) is 24.3 Å². The molecule has 7 heteroatoms. The largest absolute Gasteiger partial charge is 0.497 e. The molecule has 0 saturated heterocycles. The molecule has 0 radical (unpaired) electrons. The number of nitrogens with zero attached hydrogens (tertiary/aromatic N) is 3. The highest BCUT2D eigenvalue weighted by Crippen LogP contribution is 2.23. The number of hydrogen-bond donors (Lipinski definition) is 2. The molecule has 136 valence electrons. The van der Waals surface area contributed by atoms with Crippen molar-refractivity contribution in [3.8, 4) is 17.0 Å². The number of ether oxygens (including phenoxy) is 1. The maximum Gasteiger partial charge on any atom is 0.269 e. The van der Waals surface area contributed by atoms with Gasteiger partial charge in [-0.2, -0.15) is 5.10 Å². The number of benzene rings is 2. The number of rotatable bonds is 5. The van der Waals surface area contributed by atoms with Crippen molar-refractivity contribution in [3.63, 3.8) is 0 Å². The second-order valence-electron chi connectivity index (χ2n) is 6.15. The average molecular weight is 361 g/mol. The van der Waals surface area contributed by atoms with E-state index in [0.29, 0.717) is 23.8 Å². The van der Waals surface area contributed by atoms with Gasteiger partial charge in [0, 0.05) is 12.6 Å². The Kier molecular flexibility index (Phi) is 4.33. The van der Waals surface area contributed by atoms with Crippen molar-refractivity contribution >= 4 is 16.9 Å². The maximum atomic E-state index is 12.6. The number of carbonyl (C=O) groups excluding carboxylic acids is 1. The lowest BCUT2D eigenvalue weighted by Crippen LogP contribution is -2.25. The lowest BCUT2D eigenvalue weighted by Gasteiger charge is -2.02. The first kappa shape index (κ1) is 16.8. The molecule has 0 aliphatic carbocycles. The molecule has 0 aliphatic heterocycles. The number of amides is 1. The predicted octanol–water partition coefficient (Wildman–Crippen LogP) is 2.90. The molecule has 0 spiro atoms. The third kappa shape index (κ3) is 3.39. The highest BCUT2D eigenvalue weighted by atomic mass is 16.5. The van der Waals surface area contributed by atoms with E-state index in [4.69, 9.17) is 4.74 Å². The van der Waals surface area contributed by atoms with Crippen molar-refractivity contribution in [2.24, 2.45) is 7.05 Å². The number of nitrogens with one attached hydrogen (secondary N) is 2. The van der Waals surface area contributed by atoms with Gasteiger partial charge in [0.2, 0.25) is 0 Å². The minimum absolute atomic E-state index is 0.209. The van der Waals surface area contributed by atoms with Crippen LogP contribution in [0.15, 0.2) is 54.6 Å². The summed E-state index contributed by atoms with van der Waals surface area (Å²) in [5.41, 5.74) is 3.90. The minimum Gasteiger partial charge on any atom is -0.497 e. The van der Waals surface area contributed by atoms with Gasteiger partial charge in [-0.3, -0.25) is 9.48 Å². The molecule has 0 fully saturated rings. The number of aromatic amines is 1. The predicted molar refractivity (Wildman–Crippen MR) is 102 cm³/mol. The molecule has 2 aromatic carbocycles. The fraction of sp³-hybridized carbons (Fsp3) is 0.150. The number of imidazole rings is 1. The fourth-order valence-electron chi connectivity index (χ4n) is 2.95. The van der Waals surface area contributed by atoms with Gasteiger partial charge in [0.05, 0.1) is 30.4 Å². The molecule has 0 bridgehead atoms. The van der Waals surface area contributed by atoms with Crippen LogP contribution in [0.25, 0.3) is 22.3 Å². The summed E-state index contributed by atoms with van der Waals surface area (Å²) in [7, 11) is 3.37. The minimum atomic E-state index is -0.209. The van der Waals surface area contributed by atoms with Gasteiger partial charge in [-0.05, 0) is 30.3 Å². The zero-order valence-corrected chi connectivity index (χ0v) is 15.1. The number of carbonyl (C=O) groups is 1. The van der Waals surface area contributed by atoms with Crippen LogP contribution >= 0.6 is 0 Å². The van der Waals surface area contributed by atoms with Crippen molar-refractivity contribution in [1.82, 2.24) is 25.1 Å². The topological polar surface area (TPSA) is 84.8 Å². The van der Waals surface area contributed by atoms with E-state index in [1.54, 1.807) is 24.9 Å². The lowest BCUT2D eigenvalue weighted by atomic mass is 10.1. The molecule has 27 heavy (non-hydrogen) atoms. The molecule has 0 atom stereocenters.